The Morgan fingerprint density at radius 2 is 1.83 bits per heavy atom. The number of anilines is 2. The normalized spacial score (nSPS) is 21.0. The van der Waals surface area contributed by atoms with Crippen LogP contribution in [0.15, 0.2) is 36.5 Å². The molecule has 1 aromatic carbocycles. The summed E-state index contributed by atoms with van der Waals surface area (Å²) in [4.78, 5) is 17.6. The molecule has 0 bridgehead atoms. The van der Waals surface area contributed by atoms with E-state index in [4.69, 9.17) is 0 Å². The van der Waals surface area contributed by atoms with Crippen LogP contribution >= 0.6 is 0 Å². The SMILES string of the molecule is CC1CN(CC2CCC(CNc3cc(NCc4ccccc4OC(F)(F)F)ncc3[N+](=O)[O-])CC2)C1. The average Bonchev–Trinajstić information content (AvgIpc) is 2.81. The van der Waals surface area contributed by atoms with Crippen molar-refractivity contribution < 1.29 is 22.8 Å². The van der Waals surface area contributed by atoms with Gasteiger partial charge < -0.3 is 20.3 Å². The van der Waals surface area contributed by atoms with Gasteiger partial charge in [-0.3, -0.25) is 10.1 Å². The van der Waals surface area contributed by atoms with Crippen molar-refractivity contribution in [2.24, 2.45) is 17.8 Å². The van der Waals surface area contributed by atoms with Crippen molar-refractivity contribution in [3.8, 4) is 5.75 Å². The number of rotatable bonds is 10. The first-order valence-corrected chi connectivity index (χ1v) is 12.3. The minimum atomic E-state index is -4.80. The van der Waals surface area contributed by atoms with Gasteiger partial charge in [0.25, 0.3) is 0 Å². The quantitative estimate of drug-likeness (QED) is 0.316. The second kappa shape index (κ2) is 11.3. The monoisotopic (exact) mass is 507 g/mol. The molecule has 2 aliphatic rings. The summed E-state index contributed by atoms with van der Waals surface area (Å²) in [5, 5.41) is 17.7. The second-order valence-electron chi connectivity index (χ2n) is 9.94. The Kier molecular flexibility index (Phi) is 8.17. The summed E-state index contributed by atoms with van der Waals surface area (Å²) in [7, 11) is 0. The molecule has 1 saturated heterocycles. The molecule has 2 aromatic rings. The minimum absolute atomic E-state index is 0.0102. The lowest BCUT2D eigenvalue weighted by molar-refractivity contribution is -0.384. The molecule has 2 N–H and O–H groups in total. The van der Waals surface area contributed by atoms with Gasteiger partial charge in [-0.25, -0.2) is 4.98 Å². The highest BCUT2D eigenvalue weighted by Crippen LogP contribution is 2.33. The number of nitrogens with one attached hydrogen (secondary N) is 2. The van der Waals surface area contributed by atoms with Crippen LogP contribution < -0.4 is 15.4 Å². The van der Waals surface area contributed by atoms with E-state index in [2.05, 4.69) is 32.2 Å². The Labute approximate surface area is 208 Å². The molecule has 11 heteroatoms. The maximum Gasteiger partial charge on any atom is 0.573 e. The largest absolute Gasteiger partial charge is 0.573 e. The zero-order valence-electron chi connectivity index (χ0n) is 20.3. The van der Waals surface area contributed by atoms with E-state index in [-0.39, 0.29) is 23.5 Å². The maximum atomic E-state index is 12.7. The first-order chi connectivity index (χ1) is 17.2. The summed E-state index contributed by atoms with van der Waals surface area (Å²) in [5.41, 5.74) is 0.491. The van der Waals surface area contributed by atoms with E-state index in [1.165, 1.54) is 56.7 Å². The second-order valence-corrected chi connectivity index (χ2v) is 9.94. The zero-order valence-corrected chi connectivity index (χ0v) is 20.3. The molecule has 0 spiro atoms. The van der Waals surface area contributed by atoms with Crippen molar-refractivity contribution in [3.05, 3.63) is 52.2 Å². The number of pyridine rings is 1. The van der Waals surface area contributed by atoms with Crippen LogP contribution in [0.4, 0.5) is 30.4 Å². The number of aromatic nitrogens is 1. The molecule has 0 radical (unpaired) electrons. The Balaban J connectivity index is 1.33. The fourth-order valence-corrected chi connectivity index (χ4v) is 5.11. The Morgan fingerprint density at radius 1 is 1.14 bits per heavy atom. The van der Waals surface area contributed by atoms with Gasteiger partial charge in [-0.05, 0) is 49.5 Å². The van der Waals surface area contributed by atoms with Crippen LogP contribution in [0.25, 0.3) is 0 Å². The number of nitro groups is 1. The molecular weight excluding hydrogens is 475 g/mol. The highest BCUT2D eigenvalue weighted by Gasteiger charge is 2.32. The minimum Gasteiger partial charge on any atom is -0.405 e. The molecule has 2 heterocycles. The van der Waals surface area contributed by atoms with Gasteiger partial charge >= 0.3 is 12.0 Å². The molecular formula is C25H32F3N5O3. The van der Waals surface area contributed by atoms with Crippen LogP contribution in [0.3, 0.4) is 0 Å². The molecule has 4 rings (SSSR count). The number of alkyl halides is 3. The summed E-state index contributed by atoms with van der Waals surface area (Å²) in [6, 6.07) is 7.34. The molecule has 0 amide bonds. The summed E-state index contributed by atoms with van der Waals surface area (Å²) in [6.45, 7) is 6.48. The smallest absolute Gasteiger partial charge is 0.405 e. The number of para-hydroxylation sites is 1. The first-order valence-electron chi connectivity index (χ1n) is 12.3. The highest BCUT2D eigenvalue weighted by atomic mass is 19.4. The predicted molar refractivity (Wildman–Crippen MR) is 131 cm³/mol. The lowest BCUT2D eigenvalue weighted by Crippen LogP contribution is -2.47. The van der Waals surface area contributed by atoms with Gasteiger partial charge in [-0.15, -0.1) is 13.2 Å². The lowest BCUT2D eigenvalue weighted by Gasteiger charge is -2.41. The van der Waals surface area contributed by atoms with Crippen LogP contribution in [0.2, 0.25) is 0 Å². The number of likely N-dealkylation sites (tertiary alicyclic amines) is 1. The third kappa shape index (κ3) is 7.22. The average molecular weight is 508 g/mol. The van der Waals surface area contributed by atoms with Crippen LogP contribution in [-0.2, 0) is 6.54 Å². The standard InChI is InChI=1S/C25H32F3N5O3/c1-17-14-32(15-17)16-19-8-6-18(7-9-19)11-29-21-10-24(31-13-22(21)33(34)35)30-12-20-4-2-3-5-23(20)36-25(26,27)28/h2-5,10,13,17-19H,6-9,11-12,14-16H2,1H3,(H2,29,30,31). The van der Waals surface area contributed by atoms with Crippen molar-refractivity contribution in [2.75, 3.05) is 36.8 Å². The number of ether oxygens (including phenoxy) is 1. The number of halogens is 3. The first kappa shape index (κ1) is 26.0. The van der Waals surface area contributed by atoms with Gasteiger partial charge in [-0.1, -0.05) is 25.1 Å². The topological polar surface area (TPSA) is 92.6 Å². The van der Waals surface area contributed by atoms with Crippen molar-refractivity contribution >= 4 is 17.2 Å². The van der Waals surface area contributed by atoms with E-state index in [1.54, 1.807) is 6.07 Å². The Hall–Kier alpha value is -3.08. The van der Waals surface area contributed by atoms with Crippen molar-refractivity contribution in [2.45, 2.75) is 45.5 Å². The molecule has 8 nitrogen and oxygen atoms in total. The third-order valence-corrected chi connectivity index (χ3v) is 6.94. The fourth-order valence-electron chi connectivity index (χ4n) is 5.11. The van der Waals surface area contributed by atoms with E-state index >= 15 is 0 Å². The van der Waals surface area contributed by atoms with Crippen molar-refractivity contribution in [3.63, 3.8) is 0 Å². The van der Waals surface area contributed by atoms with Crippen molar-refractivity contribution in [1.82, 2.24) is 9.88 Å². The molecule has 196 valence electrons. The van der Waals surface area contributed by atoms with Gasteiger partial charge in [-0.2, -0.15) is 0 Å². The summed E-state index contributed by atoms with van der Waals surface area (Å²) < 4.78 is 42.1. The molecule has 1 aromatic heterocycles. The van der Waals surface area contributed by atoms with E-state index in [1.807, 2.05) is 0 Å². The molecule has 1 saturated carbocycles. The molecule has 1 aliphatic carbocycles. The highest BCUT2D eigenvalue weighted by molar-refractivity contribution is 5.65. The van der Waals surface area contributed by atoms with E-state index in [0.29, 0.717) is 24.0 Å². The fraction of sp³-hybridized carbons (Fsp3) is 0.560. The molecule has 1 aliphatic heterocycles. The summed E-state index contributed by atoms with van der Waals surface area (Å²) in [5.74, 6) is 1.98. The van der Waals surface area contributed by atoms with Gasteiger partial charge in [0.05, 0.1) is 4.92 Å². The molecule has 2 fully saturated rings. The van der Waals surface area contributed by atoms with E-state index < -0.39 is 11.3 Å². The molecule has 0 atom stereocenters. The van der Waals surface area contributed by atoms with Gasteiger partial charge in [0.1, 0.15) is 23.5 Å². The third-order valence-electron chi connectivity index (χ3n) is 6.94. The van der Waals surface area contributed by atoms with Gasteiger partial charge in [0.15, 0.2) is 0 Å². The molecule has 0 unspecified atom stereocenters. The predicted octanol–water partition coefficient (Wildman–Crippen LogP) is 5.67. The van der Waals surface area contributed by atoms with Gasteiger partial charge in [0, 0.05) is 44.4 Å². The van der Waals surface area contributed by atoms with E-state index in [0.717, 1.165) is 30.9 Å². The Bertz CT molecular complexity index is 1040. The molecule has 36 heavy (non-hydrogen) atoms. The van der Waals surface area contributed by atoms with Gasteiger partial charge in [0.2, 0.25) is 0 Å². The van der Waals surface area contributed by atoms with Crippen LogP contribution in [0.1, 0.15) is 38.2 Å². The Morgan fingerprint density at radius 3 is 2.50 bits per heavy atom. The van der Waals surface area contributed by atoms with Crippen LogP contribution in [-0.4, -0.2) is 47.3 Å². The summed E-state index contributed by atoms with van der Waals surface area (Å²) >= 11 is 0. The number of hydrogen-bond donors (Lipinski definition) is 2. The van der Waals surface area contributed by atoms with Crippen molar-refractivity contribution in [1.29, 1.82) is 0 Å². The van der Waals surface area contributed by atoms with E-state index in [9.17, 15) is 23.3 Å². The van der Waals surface area contributed by atoms with Crippen LogP contribution in [0.5, 0.6) is 5.75 Å². The zero-order chi connectivity index (χ0) is 25.7. The number of hydrogen-bond acceptors (Lipinski definition) is 7. The number of nitrogens with zero attached hydrogens (tertiary/aromatic N) is 3. The number of benzene rings is 1. The lowest BCUT2D eigenvalue weighted by atomic mass is 9.81. The van der Waals surface area contributed by atoms with Crippen LogP contribution in [0, 0.1) is 27.9 Å². The summed E-state index contributed by atoms with van der Waals surface area (Å²) in [6.07, 6.45) is 0.866. The maximum absolute atomic E-state index is 12.7.